The highest BCUT2D eigenvalue weighted by molar-refractivity contribution is 5.94. The van der Waals surface area contributed by atoms with Crippen LogP contribution in [0.15, 0.2) is 47.3 Å². The Kier molecular flexibility index (Phi) is 3.96. The number of aliphatic hydroxyl groups is 1. The van der Waals surface area contributed by atoms with Gasteiger partial charge >= 0.3 is 0 Å². The summed E-state index contributed by atoms with van der Waals surface area (Å²) in [4.78, 5) is 11.8. The minimum Gasteiger partial charge on any atom is -0.472 e. The Labute approximate surface area is 110 Å². The van der Waals surface area contributed by atoms with E-state index in [2.05, 4.69) is 5.32 Å². The maximum Gasteiger partial charge on any atom is 0.251 e. The third-order valence-electron chi connectivity index (χ3n) is 2.64. The van der Waals surface area contributed by atoms with Gasteiger partial charge in [-0.1, -0.05) is 6.07 Å². The number of carbonyl (C=O) groups is 1. The molecule has 2 aromatic rings. The first-order chi connectivity index (χ1) is 9.20. The van der Waals surface area contributed by atoms with Gasteiger partial charge in [0.1, 0.15) is 0 Å². The van der Waals surface area contributed by atoms with E-state index in [9.17, 15) is 9.90 Å². The molecule has 0 aliphatic rings. The molecule has 96 valence electrons. The fraction of sp³-hybridized carbons (Fsp3) is 0.143. The van der Waals surface area contributed by atoms with Crippen molar-refractivity contribution in [2.24, 2.45) is 0 Å². The van der Waals surface area contributed by atoms with Crippen LogP contribution in [0.4, 0.5) is 0 Å². The molecule has 0 aliphatic heterocycles. The minimum absolute atomic E-state index is 0.0785. The summed E-state index contributed by atoms with van der Waals surface area (Å²) in [5.74, 6) is -0.334. The zero-order chi connectivity index (χ0) is 13.7. The predicted octanol–water partition coefficient (Wildman–Crippen LogP) is 1.61. The van der Waals surface area contributed by atoms with Gasteiger partial charge in [-0.2, -0.15) is 5.26 Å². The molecule has 2 N–H and O–H groups in total. The van der Waals surface area contributed by atoms with Crippen molar-refractivity contribution >= 4 is 5.91 Å². The Morgan fingerprint density at radius 3 is 3.00 bits per heavy atom. The molecule has 5 nitrogen and oxygen atoms in total. The zero-order valence-corrected chi connectivity index (χ0v) is 10.0. The molecule has 0 saturated carbocycles. The molecule has 5 heteroatoms. The SMILES string of the molecule is N#Cc1cccc(C(=O)NC[C@@H](O)c2ccoc2)c1. The van der Waals surface area contributed by atoms with Crippen molar-refractivity contribution in [3.8, 4) is 6.07 Å². The van der Waals surface area contributed by atoms with Crippen LogP contribution in [0.3, 0.4) is 0 Å². The number of furan rings is 1. The molecule has 2 rings (SSSR count). The van der Waals surface area contributed by atoms with Gasteiger partial charge in [-0.15, -0.1) is 0 Å². The van der Waals surface area contributed by atoms with Crippen molar-refractivity contribution < 1.29 is 14.3 Å². The molecule has 1 aromatic carbocycles. The lowest BCUT2D eigenvalue weighted by Gasteiger charge is -2.10. The normalized spacial score (nSPS) is 11.6. The summed E-state index contributed by atoms with van der Waals surface area (Å²) in [5.41, 5.74) is 1.41. The third kappa shape index (κ3) is 3.21. The van der Waals surface area contributed by atoms with Crippen molar-refractivity contribution in [1.82, 2.24) is 5.32 Å². The number of nitrogens with one attached hydrogen (secondary N) is 1. The summed E-state index contributed by atoms with van der Waals surface area (Å²) in [7, 11) is 0. The third-order valence-corrected chi connectivity index (χ3v) is 2.64. The number of amides is 1. The Hall–Kier alpha value is -2.58. The monoisotopic (exact) mass is 256 g/mol. The molecule has 1 aromatic heterocycles. The van der Waals surface area contributed by atoms with Crippen LogP contribution in [-0.4, -0.2) is 17.6 Å². The molecule has 0 saturated heterocycles. The number of nitriles is 1. The van der Waals surface area contributed by atoms with Crippen molar-refractivity contribution in [2.45, 2.75) is 6.10 Å². The first-order valence-electron chi connectivity index (χ1n) is 5.69. The molecule has 0 radical (unpaired) electrons. The van der Waals surface area contributed by atoms with Gasteiger partial charge in [0.05, 0.1) is 30.3 Å². The van der Waals surface area contributed by atoms with Crippen molar-refractivity contribution in [3.05, 3.63) is 59.5 Å². The lowest BCUT2D eigenvalue weighted by atomic mass is 10.1. The van der Waals surface area contributed by atoms with Crippen molar-refractivity contribution in [3.63, 3.8) is 0 Å². The largest absolute Gasteiger partial charge is 0.472 e. The van der Waals surface area contributed by atoms with Crippen LogP contribution in [0.25, 0.3) is 0 Å². The van der Waals surface area contributed by atoms with Crippen LogP contribution in [0.5, 0.6) is 0 Å². The Morgan fingerprint density at radius 1 is 1.47 bits per heavy atom. The van der Waals surface area contributed by atoms with Gasteiger partial charge in [-0.05, 0) is 24.3 Å². The highest BCUT2D eigenvalue weighted by Gasteiger charge is 2.11. The topological polar surface area (TPSA) is 86.3 Å². The van der Waals surface area contributed by atoms with E-state index in [-0.39, 0.29) is 12.5 Å². The van der Waals surface area contributed by atoms with Gasteiger partial charge in [-0.3, -0.25) is 4.79 Å². The van der Waals surface area contributed by atoms with Crippen LogP contribution < -0.4 is 5.32 Å². The fourth-order valence-corrected chi connectivity index (χ4v) is 1.60. The number of hydrogen-bond acceptors (Lipinski definition) is 4. The lowest BCUT2D eigenvalue weighted by molar-refractivity contribution is 0.0916. The molecule has 0 fully saturated rings. The standard InChI is InChI=1S/C14H12N2O3/c15-7-10-2-1-3-11(6-10)14(18)16-8-13(17)12-4-5-19-9-12/h1-6,9,13,17H,8H2,(H,16,18)/t13-/m1/s1. The summed E-state index contributed by atoms with van der Waals surface area (Å²) in [6.07, 6.45) is 2.06. The average molecular weight is 256 g/mol. The molecule has 1 heterocycles. The molecule has 1 amide bonds. The predicted molar refractivity (Wildman–Crippen MR) is 67.2 cm³/mol. The Balaban J connectivity index is 1.96. The van der Waals surface area contributed by atoms with Crippen molar-refractivity contribution in [1.29, 1.82) is 5.26 Å². The summed E-state index contributed by atoms with van der Waals surface area (Å²) in [5, 5.41) is 21.1. The van der Waals surface area contributed by atoms with E-state index in [1.807, 2.05) is 6.07 Å². The quantitative estimate of drug-likeness (QED) is 0.870. The van der Waals surface area contributed by atoms with Crippen LogP contribution in [0.1, 0.15) is 27.6 Å². The van der Waals surface area contributed by atoms with E-state index in [1.165, 1.54) is 18.6 Å². The van der Waals surface area contributed by atoms with Crippen LogP contribution in [-0.2, 0) is 0 Å². The lowest BCUT2D eigenvalue weighted by Crippen LogP contribution is -2.28. The van der Waals surface area contributed by atoms with Gasteiger partial charge in [0.25, 0.3) is 5.91 Å². The molecule has 1 atom stereocenters. The van der Waals surface area contributed by atoms with Crippen LogP contribution in [0.2, 0.25) is 0 Å². The number of nitrogens with zero attached hydrogens (tertiary/aromatic N) is 1. The second-order valence-corrected chi connectivity index (χ2v) is 3.98. The van der Waals surface area contributed by atoms with Gasteiger partial charge in [-0.25, -0.2) is 0 Å². The second kappa shape index (κ2) is 5.85. The number of rotatable bonds is 4. The zero-order valence-electron chi connectivity index (χ0n) is 10.0. The smallest absolute Gasteiger partial charge is 0.251 e. The summed E-state index contributed by atoms with van der Waals surface area (Å²) >= 11 is 0. The van der Waals surface area contributed by atoms with Crippen molar-refractivity contribution in [2.75, 3.05) is 6.54 Å². The molecule has 19 heavy (non-hydrogen) atoms. The fourth-order valence-electron chi connectivity index (χ4n) is 1.60. The summed E-state index contributed by atoms with van der Waals surface area (Å²) in [6.45, 7) is 0.0785. The van der Waals surface area contributed by atoms with E-state index in [1.54, 1.807) is 24.3 Å². The highest BCUT2D eigenvalue weighted by atomic mass is 16.3. The average Bonchev–Trinajstić information content (AvgIpc) is 2.98. The van der Waals surface area contributed by atoms with Crippen LogP contribution >= 0.6 is 0 Å². The maximum absolute atomic E-state index is 11.8. The first kappa shape index (κ1) is 12.9. The molecule has 0 unspecified atom stereocenters. The molecule has 0 bridgehead atoms. The number of benzene rings is 1. The number of aliphatic hydroxyl groups excluding tert-OH is 1. The van der Waals surface area contributed by atoms with E-state index < -0.39 is 6.10 Å². The minimum atomic E-state index is -0.818. The van der Waals surface area contributed by atoms with E-state index in [4.69, 9.17) is 9.68 Å². The van der Waals surface area contributed by atoms with Crippen LogP contribution in [0, 0.1) is 11.3 Å². The van der Waals surface area contributed by atoms with Gasteiger partial charge in [0, 0.05) is 17.7 Å². The molecular weight excluding hydrogens is 244 g/mol. The Bertz CT molecular complexity index is 599. The number of hydrogen-bond donors (Lipinski definition) is 2. The van der Waals surface area contributed by atoms with E-state index in [0.29, 0.717) is 16.7 Å². The summed E-state index contributed by atoms with van der Waals surface area (Å²) < 4.78 is 4.85. The Morgan fingerprint density at radius 2 is 2.32 bits per heavy atom. The maximum atomic E-state index is 11.8. The molecule has 0 aliphatic carbocycles. The first-order valence-corrected chi connectivity index (χ1v) is 5.69. The molecule has 0 spiro atoms. The van der Waals surface area contributed by atoms with Gasteiger partial charge < -0.3 is 14.8 Å². The van der Waals surface area contributed by atoms with Gasteiger partial charge in [0.2, 0.25) is 0 Å². The van der Waals surface area contributed by atoms with Gasteiger partial charge in [0.15, 0.2) is 0 Å². The summed E-state index contributed by atoms with van der Waals surface area (Å²) in [6, 6.07) is 9.97. The highest BCUT2D eigenvalue weighted by Crippen LogP contribution is 2.12. The molecular formula is C14H12N2O3. The van der Waals surface area contributed by atoms with E-state index >= 15 is 0 Å². The second-order valence-electron chi connectivity index (χ2n) is 3.98. The van der Waals surface area contributed by atoms with E-state index in [0.717, 1.165) is 0 Å². The number of carbonyl (C=O) groups excluding carboxylic acids is 1.